The Bertz CT molecular complexity index is 219. The lowest BCUT2D eigenvalue weighted by Crippen LogP contribution is -2.71. The molecule has 0 aromatic carbocycles. The minimum absolute atomic E-state index is 0.252. The van der Waals surface area contributed by atoms with E-state index in [4.69, 9.17) is 0 Å². The van der Waals surface area contributed by atoms with Crippen LogP contribution in [0, 0.1) is 5.92 Å². The second-order valence-corrected chi connectivity index (χ2v) is 4.88. The highest BCUT2D eigenvalue weighted by molar-refractivity contribution is 7.99. The highest BCUT2D eigenvalue weighted by Crippen LogP contribution is 2.47. The van der Waals surface area contributed by atoms with Crippen LogP contribution in [-0.4, -0.2) is 34.9 Å². The van der Waals surface area contributed by atoms with Gasteiger partial charge in [0.1, 0.15) is 0 Å². The van der Waals surface area contributed by atoms with Gasteiger partial charge in [0.25, 0.3) is 0 Å². The highest BCUT2D eigenvalue weighted by Gasteiger charge is 2.57. The Morgan fingerprint density at radius 2 is 2.50 bits per heavy atom. The summed E-state index contributed by atoms with van der Waals surface area (Å²) in [5, 5.41) is 0. The Hall–Kier alpha value is -0.180. The summed E-state index contributed by atoms with van der Waals surface area (Å²) >= 11 is 1.93. The number of nitrogens with zero attached hydrogens (tertiary/aromatic N) is 1. The van der Waals surface area contributed by atoms with Crippen molar-refractivity contribution in [2.24, 2.45) is 5.92 Å². The van der Waals surface area contributed by atoms with Crippen LogP contribution < -0.4 is 0 Å². The van der Waals surface area contributed by atoms with Gasteiger partial charge in [-0.2, -0.15) is 11.8 Å². The first-order valence-corrected chi connectivity index (χ1v) is 5.73. The number of rotatable bonds is 1. The molecule has 0 radical (unpaired) electrons. The van der Waals surface area contributed by atoms with E-state index < -0.39 is 0 Å². The van der Waals surface area contributed by atoms with Gasteiger partial charge < -0.3 is 4.90 Å². The van der Waals surface area contributed by atoms with Crippen molar-refractivity contribution < 1.29 is 4.79 Å². The maximum Gasteiger partial charge on any atom is 0.229 e. The molecule has 2 rings (SSSR count). The SMILES string of the molecule is CC[C@]12CCSC[C@H]1C(=O)N2C. The number of carbonyl (C=O) groups is 1. The van der Waals surface area contributed by atoms with Crippen molar-refractivity contribution in [3.63, 3.8) is 0 Å². The van der Waals surface area contributed by atoms with Crippen LogP contribution in [0.25, 0.3) is 0 Å². The lowest BCUT2D eigenvalue weighted by molar-refractivity contribution is -0.166. The molecule has 0 aliphatic carbocycles. The summed E-state index contributed by atoms with van der Waals surface area (Å²) in [5.41, 5.74) is 0.252. The van der Waals surface area contributed by atoms with Crippen molar-refractivity contribution in [1.82, 2.24) is 4.90 Å². The summed E-state index contributed by atoms with van der Waals surface area (Å²) in [6, 6.07) is 0. The van der Waals surface area contributed by atoms with E-state index in [-0.39, 0.29) is 5.54 Å². The molecule has 68 valence electrons. The van der Waals surface area contributed by atoms with E-state index >= 15 is 0 Å². The van der Waals surface area contributed by atoms with E-state index in [2.05, 4.69) is 6.92 Å². The Morgan fingerprint density at radius 3 is 3.08 bits per heavy atom. The number of carbonyl (C=O) groups excluding carboxylic acids is 1. The van der Waals surface area contributed by atoms with Gasteiger partial charge >= 0.3 is 0 Å². The number of hydrogen-bond donors (Lipinski definition) is 0. The zero-order valence-electron chi connectivity index (χ0n) is 7.67. The van der Waals surface area contributed by atoms with Crippen LogP contribution in [0.5, 0.6) is 0 Å². The van der Waals surface area contributed by atoms with Crippen molar-refractivity contribution in [2.75, 3.05) is 18.6 Å². The minimum Gasteiger partial charge on any atom is -0.339 e. The van der Waals surface area contributed by atoms with Crippen molar-refractivity contribution in [3.05, 3.63) is 0 Å². The lowest BCUT2D eigenvalue weighted by Gasteiger charge is -2.58. The fraction of sp³-hybridized carbons (Fsp3) is 0.889. The third kappa shape index (κ3) is 0.804. The Labute approximate surface area is 77.7 Å². The predicted octanol–water partition coefficient (Wildman–Crippen LogP) is 1.36. The molecule has 3 heteroatoms. The molecule has 2 heterocycles. The molecular weight excluding hydrogens is 170 g/mol. The maximum absolute atomic E-state index is 11.5. The van der Waals surface area contributed by atoms with E-state index in [0.717, 1.165) is 12.2 Å². The molecule has 2 saturated heterocycles. The molecule has 1 amide bonds. The van der Waals surface area contributed by atoms with Gasteiger partial charge in [-0.1, -0.05) is 6.92 Å². The van der Waals surface area contributed by atoms with Crippen molar-refractivity contribution >= 4 is 17.7 Å². The number of hydrogen-bond acceptors (Lipinski definition) is 2. The van der Waals surface area contributed by atoms with Gasteiger partial charge in [0.2, 0.25) is 5.91 Å². The van der Waals surface area contributed by atoms with Gasteiger partial charge in [-0.25, -0.2) is 0 Å². The summed E-state index contributed by atoms with van der Waals surface area (Å²) in [4.78, 5) is 13.4. The molecular formula is C9H15NOS. The molecule has 0 saturated carbocycles. The monoisotopic (exact) mass is 185 g/mol. The molecule has 2 atom stereocenters. The van der Waals surface area contributed by atoms with Crippen LogP contribution in [-0.2, 0) is 4.79 Å². The molecule has 0 spiro atoms. The molecule has 2 aliphatic rings. The minimum atomic E-state index is 0.252. The van der Waals surface area contributed by atoms with Gasteiger partial charge in [0, 0.05) is 12.8 Å². The largest absolute Gasteiger partial charge is 0.339 e. The number of likely N-dealkylation sites (tertiary alicyclic amines) is 1. The smallest absolute Gasteiger partial charge is 0.229 e. The first kappa shape index (κ1) is 8.42. The van der Waals surface area contributed by atoms with Crippen molar-refractivity contribution in [2.45, 2.75) is 25.3 Å². The number of β-lactam (4-membered cyclic amide) rings is 1. The van der Waals surface area contributed by atoms with Crippen LogP contribution in [0.3, 0.4) is 0 Å². The summed E-state index contributed by atoms with van der Waals surface area (Å²) < 4.78 is 0. The van der Waals surface area contributed by atoms with E-state index in [9.17, 15) is 4.79 Å². The summed E-state index contributed by atoms with van der Waals surface area (Å²) in [6.07, 6.45) is 2.32. The van der Waals surface area contributed by atoms with Gasteiger partial charge in [-0.05, 0) is 18.6 Å². The molecule has 0 N–H and O–H groups in total. The van der Waals surface area contributed by atoms with Crippen LogP contribution in [0.15, 0.2) is 0 Å². The standard InChI is InChI=1S/C9H15NOS/c1-3-9-4-5-12-6-7(9)8(11)10(9)2/h7H,3-6H2,1-2H3/t7-,9-/m0/s1. The molecule has 0 bridgehead atoms. The number of thioether (sulfide) groups is 1. The van der Waals surface area contributed by atoms with E-state index in [1.807, 2.05) is 23.7 Å². The van der Waals surface area contributed by atoms with Crippen molar-refractivity contribution in [3.8, 4) is 0 Å². The van der Waals surface area contributed by atoms with Gasteiger partial charge in [0.05, 0.1) is 11.5 Å². The van der Waals surface area contributed by atoms with Crippen LogP contribution in [0.2, 0.25) is 0 Å². The molecule has 0 aromatic rings. The van der Waals surface area contributed by atoms with Gasteiger partial charge in [0.15, 0.2) is 0 Å². The normalized spacial score (nSPS) is 40.7. The summed E-state index contributed by atoms with van der Waals surface area (Å²) in [6.45, 7) is 2.20. The third-order valence-corrected chi connectivity index (χ3v) is 4.58. The van der Waals surface area contributed by atoms with Gasteiger partial charge in [-0.3, -0.25) is 4.79 Å². The molecule has 2 nitrogen and oxygen atoms in total. The zero-order chi connectivity index (χ0) is 8.77. The zero-order valence-corrected chi connectivity index (χ0v) is 8.49. The number of amides is 1. The van der Waals surface area contributed by atoms with Crippen LogP contribution in [0.1, 0.15) is 19.8 Å². The van der Waals surface area contributed by atoms with Crippen LogP contribution >= 0.6 is 11.8 Å². The predicted molar refractivity (Wildman–Crippen MR) is 51.2 cm³/mol. The van der Waals surface area contributed by atoms with E-state index in [1.54, 1.807) is 0 Å². The average Bonchev–Trinajstić information content (AvgIpc) is 2.15. The first-order valence-electron chi connectivity index (χ1n) is 4.58. The summed E-state index contributed by atoms with van der Waals surface area (Å²) in [5.74, 6) is 2.98. The van der Waals surface area contributed by atoms with Gasteiger partial charge in [-0.15, -0.1) is 0 Å². The molecule has 12 heavy (non-hydrogen) atoms. The fourth-order valence-electron chi connectivity index (χ4n) is 2.53. The first-order chi connectivity index (χ1) is 5.72. The van der Waals surface area contributed by atoms with Crippen LogP contribution in [0.4, 0.5) is 0 Å². The highest BCUT2D eigenvalue weighted by atomic mass is 32.2. The third-order valence-electron chi connectivity index (χ3n) is 3.52. The Morgan fingerprint density at radius 1 is 1.75 bits per heavy atom. The number of fused-ring (bicyclic) bond motifs is 1. The quantitative estimate of drug-likeness (QED) is 0.575. The molecule has 2 fully saturated rings. The van der Waals surface area contributed by atoms with Crippen molar-refractivity contribution in [1.29, 1.82) is 0 Å². The maximum atomic E-state index is 11.5. The van der Waals surface area contributed by atoms with E-state index in [0.29, 0.717) is 11.8 Å². The molecule has 2 aliphatic heterocycles. The fourth-order valence-corrected chi connectivity index (χ4v) is 3.88. The summed E-state index contributed by atoms with van der Waals surface area (Å²) in [7, 11) is 1.96. The second kappa shape index (κ2) is 2.66. The topological polar surface area (TPSA) is 20.3 Å². The second-order valence-electron chi connectivity index (χ2n) is 3.73. The average molecular weight is 185 g/mol. The molecule has 0 unspecified atom stereocenters. The van der Waals surface area contributed by atoms with E-state index in [1.165, 1.54) is 12.2 Å². The molecule has 0 aromatic heterocycles. The Kier molecular flexibility index (Phi) is 1.86. The Balaban J connectivity index is 2.21. The lowest BCUT2D eigenvalue weighted by atomic mass is 9.70.